The highest BCUT2D eigenvalue weighted by molar-refractivity contribution is 9.10. The predicted octanol–water partition coefficient (Wildman–Crippen LogP) is 5.28. The third kappa shape index (κ3) is 2.28. The summed E-state index contributed by atoms with van der Waals surface area (Å²) in [6, 6.07) is 12.1. The maximum atomic E-state index is 11.5. The Labute approximate surface area is 149 Å². The van der Waals surface area contributed by atoms with Crippen molar-refractivity contribution in [3.63, 3.8) is 0 Å². The van der Waals surface area contributed by atoms with Gasteiger partial charge in [0.1, 0.15) is 0 Å². The van der Waals surface area contributed by atoms with Gasteiger partial charge in [0.25, 0.3) is 0 Å². The van der Waals surface area contributed by atoms with E-state index in [1.165, 1.54) is 11.1 Å². The zero-order valence-electron chi connectivity index (χ0n) is 13.3. The van der Waals surface area contributed by atoms with Gasteiger partial charge in [-0.2, -0.15) is 0 Å². The van der Waals surface area contributed by atoms with Crippen molar-refractivity contribution in [3.05, 3.63) is 75.3 Å². The molecule has 2 aliphatic rings. The minimum atomic E-state index is -0.876. The van der Waals surface area contributed by atoms with E-state index in [-0.39, 0.29) is 6.04 Å². The average Bonchev–Trinajstić information content (AvgIpc) is 3.05. The fourth-order valence-electron chi connectivity index (χ4n) is 4.08. The van der Waals surface area contributed by atoms with E-state index in [1.54, 1.807) is 6.07 Å². The standard InChI is InChI=1S/C20H18BrNO2/c1-11-12(20(23)24)9-10-15-13-6-4-7-14(13)19(22-18(11)15)16-5-2-3-8-17(16)21/h2-6,8-10,13-14,19,22H,7H2,1H3,(H,23,24)/t13-,14+,19-/m0/s1. The topological polar surface area (TPSA) is 49.3 Å². The second-order valence-corrected chi connectivity index (χ2v) is 7.36. The van der Waals surface area contributed by atoms with Crippen LogP contribution in [0.25, 0.3) is 0 Å². The van der Waals surface area contributed by atoms with Crippen LogP contribution in [0.2, 0.25) is 0 Å². The van der Waals surface area contributed by atoms with E-state index in [1.807, 2.05) is 19.1 Å². The Bertz CT molecular complexity index is 859. The molecule has 0 unspecified atom stereocenters. The monoisotopic (exact) mass is 383 g/mol. The van der Waals surface area contributed by atoms with Crippen molar-refractivity contribution < 1.29 is 9.90 Å². The molecule has 3 atom stereocenters. The summed E-state index contributed by atoms with van der Waals surface area (Å²) in [5, 5.41) is 13.1. The number of rotatable bonds is 2. The number of allylic oxidation sites excluding steroid dienone is 2. The molecule has 3 nitrogen and oxygen atoms in total. The number of nitrogens with one attached hydrogen (secondary N) is 1. The summed E-state index contributed by atoms with van der Waals surface area (Å²) in [6.07, 6.45) is 5.55. The number of fused-ring (bicyclic) bond motifs is 3. The summed E-state index contributed by atoms with van der Waals surface area (Å²) in [7, 11) is 0. The smallest absolute Gasteiger partial charge is 0.336 e. The first-order valence-corrected chi connectivity index (χ1v) is 8.91. The van der Waals surface area contributed by atoms with Crippen molar-refractivity contribution in [2.24, 2.45) is 5.92 Å². The van der Waals surface area contributed by atoms with E-state index in [9.17, 15) is 9.90 Å². The molecule has 0 amide bonds. The van der Waals surface area contributed by atoms with Gasteiger partial charge in [0, 0.05) is 16.1 Å². The van der Waals surface area contributed by atoms with E-state index in [2.05, 4.69) is 51.6 Å². The summed E-state index contributed by atoms with van der Waals surface area (Å²) in [6.45, 7) is 1.89. The summed E-state index contributed by atoms with van der Waals surface area (Å²) >= 11 is 3.67. The van der Waals surface area contributed by atoms with Crippen LogP contribution >= 0.6 is 15.9 Å². The van der Waals surface area contributed by atoms with Crippen molar-refractivity contribution in [2.75, 3.05) is 5.32 Å². The molecule has 1 aliphatic carbocycles. The van der Waals surface area contributed by atoms with E-state index in [0.29, 0.717) is 17.4 Å². The summed E-state index contributed by atoms with van der Waals surface area (Å²) in [5.74, 6) is -0.0928. The lowest BCUT2D eigenvalue weighted by molar-refractivity contribution is 0.0696. The van der Waals surface area contributed by atoms with Crippen LogP contribution in [-0.2, 0) is 0 Å². The highest BCUT2D eigenvalue weighted by Gasteiger charge is 2.39. The van der Waals surface area contributed by atoms with Crippen molar-refractivity contribution in [1.29, 1.82) is 0 Å². The first-order valence-electron chi connectivity index (χ1n) is 8.12. The van der Waals surface area contributed by atoms with Gasteiger partial charge in [-0.1, -0.05) is 52.3 Å². The van der Waals surface area contributed by atoms with Crippen molar-refractivity contribution in [1.82, 2.24) is 0 Å². The lowest BCUT2D eigenvalue weighted by Crippen LogP contribution is -2.30. The van der Waals surface area contributed by atoms with Gasteiger partial charge in [0.2, 0.25) is 0 Å². The number of carbonyl (C=O) groups is 1. The third-order valence-corrected chi connectivity index (χ3v) is 5.99. The predicted molar refractivity (Wildman–Crippen MR) is 98.6 cm³/mol. The molecule has 2 aromatic rings. The van der Waals surface area contributed by atoms with Gasteiger partial charge in [-0.15, -0.1) is 0 Å². The Kier molecular flexibility index (Phi) is 3.72. The fourth-order valence-corrected chi connectivity index (χ4v) is 4.61. The molecule has 1 heterocycles. The summed E-state index contributed by atoms with van der Waals surface area (Å²) in [4.78, 5) is 11.5. The van der Waals surface area contributed by atoms with Crippen LogP contribution < -0.4 is 5.32 Å². The minimum Gasteiger partial charge on any atom is -0.478 e. The fraction of sp³-hybridized carbons (Fsp3) is 0.250. The molecule has 1 aliphatic heterocycles. The molecule has 122 valence electrons. The number of carboxylic acids is 1. The molecule has 0 fully saturated rings. The summed E-state index contributed by atoms with van der Waals surface area (Å²) in [5.41, 5.74) is 4.59. The molecule has 0 bridgehead atoms. The third-order valence-electron chi connectivity index (χ3n) is 5.27. The molecule has 0 radical (unpaired) electrons. The molecule has 0 saturated carbocycles. The number of benzene rings is 2. The molecule has 0 saturated heterocycles. The molecule has 24 heavy (non-hydrogen) atoms. The first kappa shape index (κ1) is 15.5. The van der Waals surface area contributed by atoms with Gasteiger partial charge in [-0.05, 0) is 48.1 Å². The molecule has 2 N–H and O–H groups in total. The number of hydrogen-bond donors (Lipinski definition) is 2. The zero-order valence-corrected chi connectivity index (χ0v) is 14.9. The van der Waals surface area contributed by atoms with Crippen LogP contribution in [0, 0.1) is 12.8 Å². The average molecular weight is 384 g/mol. The quantitative estimate of drug-likeness (QED) is 0.693. The number of halogens is 1. The van der Waals surface area contributed by atoms with Gasteiger partial charge in [-0.3, -0.25) is 0 Å². The SMILES string of the molecule is Cc1c(C(=O)O)ccc2c1N[C@H](c1ccccc1Br)[C@@H]1CC=C[C@H]21. The van der Waals surface area contributed by atoms with Gasteiger partial charge in [0.15, 0.2) is 0 Å². The van der Waals surface area contributed by atoms with Crippen LogP contribution in [0.1, 0.15) is 45.4 Å². The molecule has 2 aromatic carbocycles. The second kappa shape index (κ2) is 5.78. The Hall–Kier alpha value is -2.07. The van der Waals surface area contributed by atoms with Crippen LogP contribution in [0.3, 0.4) is 0 Å². The minimum absolute atomic E-state index is 0.163. The maximum absolute atomic E-state index is 11.5. The maximum Gasteiger partial charge on any atom is 0.336 e. The first-order chi connectivity index (χ1) is 11.6. The van der Waals surface area contributed by atoms with E-state index in [4.69, 9.17) is 0 Å². The van der Waals surface area contributed by atoms with Crippen LogP contribution in [-0.4, -0.2) is 11.1 Å². The Balaban J connectivity index is 1.87. The highest BCUT2D eigenvalue weighted by atomic mass is 79.9. The molecule has 0 spiro atoms. The number of carboxylic acid groups (broad SMARTS) is 1. The molecular formula is C20H18BrNO2. The van der Waals surface area contributed by atoms with Crippen LogP contribution in [0.5, 0.6) is 0 Å². The van der Waals surface area contributed by atoms with Gasteiger partial charge in [0.05, 0.1) is 11.6 Å². The van der Waals surface area contributed by atoms with Crippen molar-refractivity contribution in [2.45, 2.75) is 25.3 Å². The number of anilines is 1. The zero-order chi connectivity index (χ0) is 16.8. The molecular weight excluding hydrogens is 366 g/mol. The van der Waals surface area contributed by atoms with Gasteiger partial charge < -0.3 is 10.4 Å². The van der Waals surface area contributed by atoms with E-state index >= 15 is 0 Å². The lowest BCUT2D eigenvalue weighted by Gasteiger charge is -2.39. The van der Waals surface area contributed by atoms with Gasteiger partial charge >= 0.3 is 5.97 Å². The number of hydrogen-bond acceptors (Lipinski definition) is 2. The Morgan fingerprint density at radius 3 is 2.75 bits per heavy atom. The van der Waals surface area contributed by atoms with E-state index < -0.39 is 5.97 Å². The molecule has 4 rings (SSSR count). The number of aromatic carboxylic acids is 1. The largest absolute Gasteiger partial charge is 0.478 e. The molecule has 4 heteroatoms. The Morgan fingerprint density at radius 2 is 2.00 bits per heavy atom. The highest BCUT2D eigenvalue weighted by Crippen LogP contribution is 2.51. The van der Waals surface area contributed by atoms with Gasteiger partial charge in [-0.25, -0.2) is 4.79 Å². The van der Waals surface area contributed by atoms with Crippen molar-refractivity contribution in [3.8, 4) is 0 Å². The normalized spacial score (nSPS) is 24.2. The van der Waals surface area contributed by atoms with E-state index in [0.717, 1.165) is 22.1 Å². The van der Waals surface area contributed by atoms with Crippen molar-refractivity contribution >= 4 is 27.6 Å². The van der Waals surface area contributed by atoms with Crippen LogP contribution in [0.15, 0.2) is 53.0 Å². The molecule has 0 aromatic heterocycles. The lowest BCUT2D eigenvalue weighted by atomic mass is 9.76. The second-order valence-electron chi connectivity index (χ2n) is 6.50. The Morgan fingerprint density at radius 1 is 1.21 bits per heavy atom. The summed E-state index contributed by atoms with van der Waals surface area (Å²) < 4.78 is 1.09. The van der Waals surface area contributed by atoms with Crippen LogP contribution in [0.4, 0.5) is 5.69 Å².